The molecule has 0 aliphatic heterocycles. The van der Waals surface area contributed by atoms with E-state index in [9.17, 15) is 0 Å². The monoisotopic (exact) mass is 312 g/mol. The summed E-state index contributed by atoms with van der Waals surface area (Å²) in [5.74, 6) is 1.19. The van der Waals surface area contributed by atoms with Gasteiger partial charge >= 0.3 is 0 Å². The summed E-state index contributed by atoms with van der Waals surface area (Å²) in [6.07, 6.45) is 5.27. The fourth-order valence-electron chi connectivity index (χ4n) is 2.84. The molecule has 0 spiro atoms. The van der Waals surface area contributed by atoms with E-state index >= 15 is 0 Å². The van der Waals surface area contributed by atoms with Gasteiger partial charge in [0.1, 0.15) is 0 Å². The number of aromatic amines is 1. The number of para-hydroxylation sites is 1. The van der Waals surface area contributed by atoms with Gasteiger partial charge in [0.15, 0.2) is 5.82 Å². The van der Waals surface area contributed by atoms with Crippen molar-refractivity contribution >= 4 is 16.7 Å². The zero-order valence-electron chi connectivity index (χ0n) is 12.6. The first-order valence-electron chi connectivity index (χ1n) is 7.59. The zero-order valence-corrected chi connectivity index (χ0v) is 12.6. The average molecular weight is 312 g/mol. The van der Waals surface area contributed by atoms with Crippen LogP contribution >= 0.6 is 0 Å². The second-order valence-corrected chi connectivity index (χ2v) is 5.48. The molecule has 1 N–H and O–H groups in total. The van der Waals surface area contributed by atoms with Crippen molar-refractivity contribution in [2.45, 2.75) is 0 Å². The second kappa shape index (κ2) is 4.99. The van der Waals surface area contributed by atoms with Crippen molar-refractivity contribution in [2.75, 3.05) is 0 Å². The number of hydrogen-bond donors (Lipinski definition) is 1. The molecule has 0 atom stereocenters. The Kier molecular flexibility index (Phi) is 2.69. The molecule has 0 amide bonds. The van der Waals surface area contributed by atoms with Gasteiger partial charge in [0.05, 0.1) is 11.4 Å². The maximum Gasteiger partial charge on any atom is 0.253 e. The van der Waals surface area contributed by atoms with E-state index in [1.165, 1.54) is 0 Å². The van der Waals surface area contributed by atoms with Crippen LogP contribution in [0.25, 0.3) is 39.5 Å². The molecule has 0 fully saturated rings. The summed E-state index contributed by atoms with van der Waals surface area (Å²) < 4.78 is 1.76. The lowest BCUT2D eigenvalue weighted by atomic mass is 10.2. The van der Waals surface area contributed by atoms with Gasteiger partial charge < -0.3 is 4.98 Å². The van der Waals surface area contributed by atoms with Crippen molar-refractivity contribution in [3.8, 4) is 22.8 Å². The molecule has 0 aliphatic rings. The molecule has 24 heavy (non-hydrogen) atoms. The molecule has 5 aromatic rings. The SMILES string of the molecule is c1ccc2[nH]c(-c3nc4nccc(-c5ccncc5)n4n3)cc2c1. The van der Waals surface area contributed by atoms with Crippen LogP contribution in [0, 0.1) is 0 Å². The van der Waals surface area contributed by atoms with Crippen molar-refractivity contribution in [3.05, 3.63) is 67.1 Å². The lowest BCUT2D eigenvalue weighted by Crippen LogP contribution is -1.95. The Balaban J connectivity index is 1.71. The standard InChI is InChI=1S/C18H12N6/c1-2-4-14-13(3-1)11-15(21-14)17-22-18-20-10-7-16(24(18)23-17)12-5-8-19-9-6-12/h1-11,21H. The summed E-state index contributed by atoms with van der Waals surface area (Å²) in [6.45, 7) is 0. The van der Waals surface area contributed by atoms with Crippen LogP contribution < -0.4 is 0 Å². The third kappa shape index (κ3) is 1.97. The molecule has 0 saturated heterocycles. The molecule has 6 heteroatoms. The number of H-pyrrole nitrogens is 1. The van der Waals surface area contributed by atoms with Gasteiger partial charge in [-0.1, -0.05) is 18.2 Å². The Morgan fingerprint density at radius 2 is 1.79 bits per heavy atom. The van der Waals surface area contributed by atoms with Gasteiger partial charge in [-0.15, -0.1) is 5.10 Å². The Morgan fingerprint density at radius 1 is 0.917 bits per heavy atom. The molecule has 0 radical (unpaired) electrons. The lowest BCUT2D eigenvalue weighted by Gasteiger charge is -2.02. The molecule has 0 bridgehead atoms. The second-order valence-electron chi connectivity index (χ2n) is 5.48. The van der Waals surface area contributed by atoms with Gasteiger partial charge in [0.2, 0.25) is 0 Å². The van der Waals surface area contributed by atoms with Gasteiger partial charge in [-0.25, -0.2) is 4.98 Å². The first-order chi connectivity index (χ1) is 11.9. The average Bonchev–Trinajstić information content (AvgIpc) is 3.26. The highest BCUT2D eigenvalue weighted by atomic mass is 15.3. The third-order valence-electron chi connectivity index (χ3n) is 3.99. The maximum atomic E-state index is 4.65. The van der Waals surface area contributed by atoms with Crippen LogP contribution in [0.2, 0.25) is 0 Å². The van der Waals surface area contributed by atoms with Crippen molar-refractivity contribution < 1.29 is 0 Å². The van der Waals surface area contributed by atoms with E-state index in [-0.39, 0.29) is 0 Å². The van der Waals surface area contributed by atoms with Crippen LogP contribution in [0.5, 0.6) is 0 Å². The molecule has 114 valence electrons. The highest BCUT2D eigenvalue weighted by Gasteiger charge is 2.13. The normalized spacial score (nSPS) is 11.3. The number of benzene rings is 1. The number of rotatable bonds is 2. The summed E-state index contributed by atoms with van der Waals surface area (Å²) in [5.41, 5.74) is 3.89. The minimum atomic E-state index is 0.568. The highest BCUT2D eigenvalue weighted by molar-refractivity contribution is 5.84. The molecule has 4 heterocycles. The van der Waals surface area contributed by atoms with E-state index in [1.54, 1.807) is 23.1 Å². The molecule has 1 aromatic carbocycles. The molecule has 0 saturated carbocycles. The Morgan fingerprint density at radius 3 is 2.67 bits per heavy atom. The summed E-state index contributed by atoms with van der Waals surface area (Å²) in [5, 5.41) is 5.78. The van der Waals surface area contributed by atoms with Crippen LogP contribution in [0.4, 0.5) is 0 Å². The Hall–Kier alpha value is -3.54. The topological polar surface area (TPSA) is 71.8 Å². The number of nitrogens with one attached hydrogen (secondary N) is 1. The van der Waals surface area contributed by atoms with Gasteiger partial charge in [0.25, 0.3) is 5.78 Å². The summed E-state index contributed by atoms with van der Waals surface area (Å²) in [4.78, 5) is 16.3. The van der Waals surface area contributed by atoms with Crippen molar-refractivity contribution in [1.29, 1.82) is 0 Å². The first-order valence-corrected chi connectivity index (χ1v) is 7.59. The van der Waals surface area contributed by atoms with E-state index in [1.807, 2.05) is 36.4 Å². The zero-order chi connectivity index (χ0) is 15.9. The van der Waals surface area contributed by atoms with Crippen molar-refractivity contribution in [3.63, 3.8) is 0 Å². The number of fused-ring (bicyclic) bond motifs is 2. The maximum absolute atomic E-state index is 4.65. The van der Waals surface area contributed by atoms with Gasteiger partial charge in [0, 0.05) is 35.1 Å². The number of hydrogen-bond acceptors (Lipinski definition) is 4. The predicted molar refractivity (Wildman–Crippen MR) is 91.3 cm³/mol. The summed E-state index contributed by atoms with van der Waals surface area (Å²) >= 11 is 0. The fourth-order valence-corrected chi connectivity index (χ4v) is 2.84. The Labute approximate surface area is 136 Å². The third-order valence-corrected chi connectivity index (χ3v) is 3.99. The minimum Gasteiger partial charge on any atom is -0.352 e. The quantitative estimate of drug-likeness (QED) is 0.542. The minimum absolute atomic E-state index is 0.568. The van der Waals surface area contributed by atoms with Gasteiger partial charge in [-0.05, 0) is 30.3 Å². The number of nitrogens with zero attached hydrogens (tertiary/aromatic N) is 5. The van der Waals surface area contributed by atoms with Crippen LogP contribution in [-0.2, 0) is 0 Å². The Bertz CT molecular complexity index is 1120. The van der Waals surface area contributed by atoms with Crippen LogP contribution in [0.1, 0.15) is 0 Å². The lowest BCUT2D eigenvalue weighted by molar-refractivity contribution is 0.949. The van der Waals surface area contributed by atoms with E-state index < -0.39 is 0 Å². The molecule has 5 rings (SSSR count). The van der Waals surface area contributed by atoms with Crippen LogP contribution in [-0.4, -0.2) is 29.5 Å². The van der Waals surface area contributed by atoms with Crippen molar-refractivity contribution in [2.24, 2.45) is 0 Å². The smallest absolute Gasteiger partial charge is 0.253 e. The van der Waals surface area contributed by atoms with Gasteiger partial charge in [-0.3, -0.25) is 4.98 Å². The number of pyridine rings is 1. The molecule has 6 nitrogen and oxygen atoms in total. The van der Waals surface area contributed by atoms with Crippen LogP contribution in [0.3, 0.4) is 0 Å². The van der Waals surface area contributed by atoms with E-state index in [2.05, 4.69) is 37.2 Å². The molecule has 4 aromatic heterocycles. The highest BCUT2D eigenvalue weighted by Crippen LogP contribution is 2.24. The first kappa shape index (κ1) is 13.0. The van der Waals surface area contributed by atoms with Gasteiger partial charge in [-0.2, -0.15) is 9.50 Å². The molecular weight excluding hydrogens is 300 g/mol. The van der Waals surface area contributed by atoms with E-state index in [0.29, 0.717) is 11.6 Å². The van der Waals surface area contributed by atoms with Crippen molar-refractivity contribution in [1.82, 2.24) is 29.5 Å². The van der Waals surface area contributed by atoms with E-state index in [0.717, 1.165) is 27.9 Å². The van der Waals surface area contributed by atoms with E-state index in [4.69, 9.17) is 0 Å². The largest absolute Gasteiger partial charge is 0.352 e. The molecule has 0 unspecified atom stereocenters. The predicted octanol–water partition coefficient (Wildman–Crippen LogP) is 3.33. The summed E-state index contributed by atoms with van der Waals surface area (Å²) in [7, 11) is 0. The fraction of sp³-hybridized carbons (Fsp3) is 0. The number of aromatic nitrogens is 6. The molecule has 0 aliphatic carbocycles. The summed E-state index contributed by atoms with van der Waals surface area (Å²) in [6, 6.07) is 16.0. The van der Waals surface area contributed by atoms with Crippen LogP contribution in [0.15, 0.2) is 67.1 Å². The molecular formula is C18H12N6.